The lowest BCUT2D eigenvalue weighted by molar-refractivity contribution is 0.0706. The molecule has 0 aromatic carbocycles. The molecule has 0 saturated carbocycles. The molecule has 16 nitrogen and oxygen atoms in total. The number of amides is 2. The molecule has 0 aliphatic carbocycles. The summed E-state index contributed by atoms with van der Waals surface area (Å²) in [6.07, 6.45) is 13.9. The van der Waals surface area contributed by atoms with Crippen LogP contribution in [0.25, 0.3) is 11.3 Å². The van der Waals surface area contributed by atoms with Gasteiger partial charge in [-0.25, -0.2) is 37.8 Å². The summed E-state index contributed by atoms with van der Waals surface area (Å²) in [5.74, 6) is -0.157. The van der Waals surface area contributed by atoms with E-state index in [1.807, 2.05) is 36.1 Å². The number of likely N-dealkylation sites (N-methyl/N-ethyl adjacent to an activating group) is 1. The number of hydrogen-bond acceptors (Lipinski definition) is 12. The Labute approximate surface area is 338 Å². The van der Waals surface area contributed by atoms with E-state index in [-0.39, 0.29) is 29.9 Å². The minimum Gasteiger partial charge on any atom is -0.349 e. The van der Waals surface area contributed by atoms with Gasteiger partial charge in [-0.2, -0.15) is 10.2 Å². The lowest BCUT2D eigenvalue weighted by Crippen LogP contribution is -2.49. The quantitative estimate of drug-likeness (QED) is 0.263. The molecule has 2 fully saturated rings. The molecule has 2 amide bonds. The number of anilines is 2. The Bertz CT molecular complexity index is 2610. The first-order valence-electron chi connectivity index (χ1n) is 20.4. The van der Waals surface area contributed by atoms with Crippen LogP contribution in [0.5, 0.6) is 0 Å². The highest BCUT2D eigenvalue weighted by atomic mass is 19.1. The van der Waals surface area contributed by atoms with Gasteiger partial charge in [0, 0.05) is 81.0 Å². The second-order valence-electron chi connectivity index (χ2n) is 15.8. The average Bonchev–Trinajstić information content (AvgIpc) is 4.06. The van der Waals surface area contributed by atoms with Crippen molar-refractivity contribution in [1.82, 2.24) is 60.0 Å². The number of hydrazine groups is 2. The van der Waals surface area contributed by atoms with Crippen LogP contribution in [0.4, 0.5) is 20.4 Å². The number of fused-ring (bicyclic) bond motifs is 10. The predicted molar refractivity (Wildman–Crippen MR) is 212 cm³/mol. The molecular formula is C41H44F2N14O2. The van der Waals surface area contributed by atoms with Crippen molar-refractivity contribution in [2.24, 2.45) is 0 Å². The first-order chi connectivity index (χ1) is 28.7. The van der Waals surface area contributed by atoms with Crippen molar-refractivity contribution < 1.29 is 18.4 Å². The molecule has 0 spiro atoms. The highest BCUT2D eigenvalue weighted by Gasteiger charge is 2.35. The summed E-state index contributed by atoms with van der Waals surface area (Å²) in [7, 11) is 0. The fraction of sp³-hybridized carbons (Fsp3) is 0.415. The molecule has 18 heteroatoms. The molecule has 0 radical (unpaired) electrons. The van der Waals surface area contributed by atoms with Gasteiger partial charge in [0.1, 0.15) is 34.4 Å². The van der Waals surface area contributed by atoms with Gasteiger partial charge in [0.05, 0.1) is 36.9 Å². The number of nitrogens with zero attached hydrogens (tertiary/aromatic N) is 12. The number of halogens is 2. The number of nitrogens with one attached hydrogen (secondary N) is 2. The van der Waals surface area contributed by atoms with E-state index in [9.17, 15) is 18.4 Å². The third-order valence-electron chi connectivity index (χ3n) is 12.3. The number of aromatic nitrogens is 8. The Morgan fingerprint density at radius 3 is 2.12 bits per heavy atom. The fourth-order valence-corrected chi connectivity index (χ4v) is 9.31. The number of pyridine rings is 2. The summed E-state index contributed by atoms with van der Waals surface area (Å²) in [6, 6.07) is 4.37. The van der Waals surface area contributed by atoms with Crippen LogP contribution in [0.1, 0.15) is 100 Å². The summed E-state index contributed by atoms with van der Waals surface area (Å²) in [5.41, 5.74) is 11.6. The molecule has 10 heterocycles. The summed E-state index contributed by atoms with van der Waals surface area (Å²) >= 11 is 0. The zero-order chi connectivity index (χ0) is 40.4. The molecule has 10 rings (SSSR count). The van der Waals surface area contributed by atoms with E-state index in [0.29, 0.717) is 79.5 Å². The predicted octanol–water partition coefficient (Wildman–Crippen LogP) is 4.18. The SMILES string of the molecule is CCN1CCc2ncc(F)cc2[C@H]2CCCN2c2nc3c(cnn3cc2CC(C)N2CCc3ncc(F)cc3[C@H]3CCCN3c3ccn4ncc(c4n3)C(=O)N2)C(=O)N1. The molecule has 6 aromatic rings. The van der Waals surface area contributed by atoms with Crippen LogP contribution in [0, 0.1) is 11.6 Å². The van der Waals surface area contributed by atoms with Gasteiger partial charge >= 0.3 is 0 Å². The third-order valence-corrected chi connectivity index (χ3v) is 12.3. The van der Waals surface area contributed by atoms with E-state index in [2.05, 4.69) is 40.8 Å². The maximum absolute atomic E-state index is 15.0. The first kappa shape index (κ1) is 37.2. The van der Waals surface area contributed by atoms with Crippen molar-refractivity contribution in [2.45, 2.75) is 76.9 Å². The molecule has 4 aliphatic rings. The standard InChI is InChI=1S/C41H44F2N14O2/c1-3-52-13-8-32-29(18-27(43)19-44-32)35-7-5-12-54(35)37-25(23-57-39(49-37)31(22-47-57)40(58)50-52)16-24(2)55-14-9-33-28(17-26(42)20-45-33)34-6-4-11-53(34)36-10-15-56-38(48-36)30(21-46-56)41(59)51-55/h10,15,17-24,34-35H,3-9,11-14,16H2,1-2H3,(H,50,58)(H,51,59)/t24?,34-,35-/m1/s1. The van der Waals surface area contributed by atoms with Crippen molar-refractivity contribution in [2.75, 3.05) is 42.5 Å². The van der Waals surface area contributed by atoms with Crippen molar-refractivity contribution in [3.8, 4) is 0 Å². The number of carbonyl (C=O) groups is 2. The largest absolute Gasteiger partial charge is 0.349 e. The Balaban J connectivity index is 1.06. The van der Waals surface area contributed by atoms with E-state index in [1.165, 1.54) is 24.8 Å². The Morgan fingerprint density at radius 1 is 0.780 bits per heavy atom. The summed E-state index contributed by atoms with van der Waals surface area (Å²) in [6.45, 7) is 6.77. The monoisotopic (exact) mass is 802 g/mol. The maximum Gasteiger partial charge on any atom is 0.271 e. The van der Waals surface area contributed by atoms with Crippen LogP contribution in [-0.4, -0.2) is 99.8 Å². The maximum atomic E-state index is 15.0. The molecular weight excluding hydrogens is 759 g/mol. The number of hydrogen-bond donors (Lipinski definition) is 2. The van der Waals surface area contributed by atoms with Gasteiger partial charge in [0.2, 0.25) is 0 Å². The Kier molecular flexibility index (Phi) is 9.39. The molecule has 4 aliphatic heterocycles. The van der Waals surface area contributed by atoms with Gasteiger partial charge in [-0.15, -0.1) is 0 Å². The second kappa shape index (κ2) is 14.9. The van der Waals surface area contributed by atoms with Crippen LogP contribution in [-0.2, 0) is 19.3 Å². The minimum atomic E-state index is -0.408. The Hall–Kier alpha value is -6.14. The molecule has 6 aromatic heterocycles. The van der Waals surface area contributed by atoms with Gasteiger partial charge in [0.15, 0.2) is 11.3 Å². The van der Waals surface area contributed by atoms with Crippen LogP contribution in [0.15, 0.2) is 55.4 Å². The van der Waals surface area contributed by atoms with Gasteiger partial charge in [-0.3, -0.25) is 30.4 Å². The second-order valence-corrected chi connectivity index (χ2v) is 15.8. The summed E-state index contributed by atoms with van der Waals surface area (Å²) < 4.78 is 33.1. The summed E-state index contributed by atoms with van der Waals surface area (Å²) in [5, 5.41) is 12.7. The molecule has 2 N–H and O–H groups in total. The van der Waals surface area contributed by atoms with Gasteiger partial charge in [-0.1, -0.05) is 6.92 Å². The lowest BCUT2D eigenvalue weighted by Gasteiger charge is -2.32. The van der Waals surface area contributed by atoms with Crippen LogP contribution >= 0.6 is 0 Å². The first-order valence-corrected chi connectivity index (χ1v) is 20.4. The van der Waals surface area contributed by atoms with Crippen LogP contribution in [0.3, 0.4) is 0 Å². The van der Waals surface area contributed by atoms with Crippen molar-refractivity contribution in [1.29, 1.82) is 0 Å². The number of rotatable bonds is 4. The van der Waals surface area contributed by atoms with Gasteiger partial charge in [-0.05, 0) is 68.4 Å². The fourth-order valence-electron chi connectivity index (χ4n) is 9.31. The molecule has 4 bridgehead atoms. The van der Waals surface area contributed by atoms with E-state index in [1.54, 1.807) is 27.4 Å². The Morgan fingerprint density at radius 2 is 1.41 bits per heavy atom. The van der Waals surface area contributed by atoms with Crippen LogP contribution < -0.4 is 20.7 Å². The summed E-state index contributed by atoms with van der Waals surface area (Å²) in [4.78, 5) is 51.6. The molecule has 1 unspecified atom stereocenters. The van der Waals surface area contributed by atoms with E-state index >= 15 is 0 Å². The van der Waals surface area contributed by atoms with E-state index in [4.69, 9.17) is 9.97 Å². The van der Waals surface area contributed by atoms with Crippen LogP contribution in [0.2, 0.25) is 0 Å². The van der Waals surface area contributed by atoms with E-state index in [0.717, 1.165) is 60.3 Å². The molecule has 3 atom stereocenters. The molecule has 59 heavy (non-hydrogen) atoms. The minimum absolute atomic E-state index is 0.136. The normalized spacial score (nSPS) is 20.7. The van der Waals surface area contributed by atoms with Crippen molar-refractivity contribution >= 4 is 34.7 Å². The van der Waals surface area contributed by atoms with Crippen molar-refractivity contribution in [3.63, 3.8) is 0 Å². The smallest absolute Gasteiger partial charge is 0.271 e. The third kappa shape index (κ3) is 6.69. The average molecular weight is 803 g/mol. The highest BCUT2D eigenvalue weighted by Crippen LogP contribution is 2.40. The van der Waals surface area contributed by atoms with Crippen molar-refractivity contribution in [3.05, 3.63) is 106 Å². The zero-order valence-corrected chi connectivity index (χ0v) is 32.9. The topological polar surface area (TPSA) is 157 Å². The van der Waals surface area contributed by atoms with Gasteiger partial charge in [0.25, 0.3) is 11.8 Å². The zero-order valence-electron chi connectivity index (χ0n) is 32.9. The highest BCUT2D eigenvalue weighted by molar-refractivity contribution is 6.00. The molecule has 2 saturated heterocycles. The lowest BCUT2D eigenvalue weighted by atomic mass is 9.99. The van der Waals surface area contributed by atoms with Gasteiger partial charge < -0.3 is 9.80 Å². The number of carbonyl (C=O) groups excluding carboxylic acids is 2. The van der Waals surface area contributed by atoms with E-state index < -0.39 is 11.6 Å². The molecule has 304 valence electrons.